The first-order valence-corrected chi connectivity index (χ1v) is 7.87. The Hall–Kier alpha value is -1.41. The molecule has 1 aliphatic carbocycles. The maximum Gasteiger partial charge on any atom is 0.235 e. The average Bonchev–Trinajstić information content (AvgIpc) is 3.21. The topological polar surface area (TPSA) is 73.2 Å². The molecule has 2 rings (SSSR count). The summed E-state index contributed by atoms with van der Waals surface area (Å²) in [6, 6.07) is 2.87. The van der Waals surface area contributed by atoms with Gasteiger partial charge in [0.1, 0.15) is 5.54 Å². The maximum atomic E-state index is 12.1. The molecular weight excluding hydrogens is 266 g/mol. The highest BCUT2D eigenvalue weighted by molar-refractivity contribution is 6.05. The summed E-state index contributed by atoms with van der Waals surface area (Å²) in [5, 5.41) is 12.9. The number of hydrogen-bond donors (Lipinski definition) is 1. The summed E-state index contributed by atoms with van der Waals surface area (Å²) < 4.78 is 0. The van der Waals surface area contributed by atoms with E-state index in [2.05, 4.69) is 11.4 Å². The van der Waals surface area contributed by atoms with Crippen molar-refractivity contribution < 1.29 is 9.59 Å². The minimum absolute atomic E-state index is 0.0818. The molecule has 5 heteroatoms. The molecule has 5 nitrogen and oxygen atoms in total. The lowest BCUT2D eigenvalue weighted by molar-refractivity contribution is -0.140. The Morgan fingerprint density at radius 1 is 1.43 bits per heavy atom. The number of hydrogen-bond acceptors (Lipinski definition) is 4. The molecule has 21 heavy (non-hydrogen) atoms. The Morgan fingerprint density at radius 3 is 2.52 bits per heavy atom. The predicted molar refractivity (Wildman–Crippen MR) is 79.1 cm³/mol. The van der Waals surface area contributed by atoms with E-state index in [4.69, 9.17) is 0 Å². The van der Waals surface area contributed by atoms with Gasteiger partial charge in [0.15, 0.2) is 0 Å². The minimum atomic E-state index is -0.569. The third-order valence-corrected chi connectivity index (χ3v) is 4.58. The van der Waals surface area contributed by atoms with Gasteiger partial charge in [0.25, 0.3) is 0 Å². The number of imide groups is 1. The Kier molecular flexibility index (Phi) is 4.38. The van der Waals surface area contributed by atoms with Crippen LogP contribution in [0.5, 0.6) is 0 Å². The minimum Gasteiger partial charge on any atom is -0.297 e. The fraction of sp³-hybridized carbons (Fsp3) is 0.812. The van der Waals surface area contributed by atoms with E-state index in [9.17, 15) is 14.9 Å². The fourth-order valence-corrected chi connectivity index (χ4v) is 2.93. The van der Waals surface area contributed by atoms with Gasteiger partial charge in [-0.05, 0) is 32.1 Å². The zero-order valence-electron chi connectivity index (χ0n) is 13.2. The molecule has 1 saturated heterocycles. The van der Waals surface area contributed by atoms with Crippen LogP contribution >= 0.6 is 0 Å². The molecule has 116 valence electrons. The first kappa shape index (κ1) is 16.0. The molecule has 0 bridgehead atoms. The first-order chi connectivity index (χ1) is 9.83. The number of nitriles is 1. The Labute approximate surface area is 126 Å². The van der Waals surface area contributed by atoms with Crippen molar-refractivity contribution in [2.75, 3.05) is 6.54 Å². The summed E-state index contributed by atoms with van der Waals surface area (Å²) >= 11 is 0. The van der Waals surface area contributed by atoms with Crippen LogP contribution in [0.15, 0.2) is 0 Å². The van der Waals surface area contributed by atoms with Gasteiger partial charge in [-0.3, -0.25) is 19.8 Å². The molecule has 1 unspecified atom stereocenters. The molecular formula is C16H25N3O2. The predicted octanol–water partition coefficient (Wildman–Crippen LogP) is 1.98. The van der Waals surface area contributed by atoms with Gasteiger partial charge in [-0.15, -0.1) is 0 Å². The summed E-state index contributed by atoms with van der Waals surface area (Å²) in [4.78, 5) is 25.4. The van der Waals surface area contributed by atoms with Crippen molar-refractivity contribution in [3.8, 4) is 6.07 Å². The standard InChI is InChI=1S/C16H25N3O2/c1-4-16(11-17,18-12-6-7-12)8-5-9-19-13(20)10-15(2,3)14(19)21/h12,18H,4-10H2,1-3H3. The lowest BCUT2D eigenvalue weighted by Gasteiger charge is -2.27. The van der Waals surface area contributed by atoms with Gasteiger partial charge in [0, 0.05) is 19.0 Å². The molecule has 1 saturated carbocycles. The number of likely N-dealkylation sites (tertiary alicyclic amines) is 1. The molecule has 0 aromatic heterocycles. The van der Waals surface area contributed by atoms with Crippen molar-refractivity contribution in [3.05, 3.63) is 0 Å². The molecule has 1 atom stereocenters. The van der Waals surface area contributed by atoms with Gasteiger partial charge in [0.2, 0.25) is 11.8 Å². The smallest absolute Gasteiger partial charge is 0.235 e. The van der Waals surface area contributed by atoms with Crippen LogP contribution in [0.3, 0.4) is 0 Å². The number of rotatable bonds is 7. The third kappa shape index (κ3) is 3.44. The Bertz CT molecular complexity index is 476. The van der Waals surface area contributed by atoms with E-state index in [1.165, 1.54) is 4.90 Å². The lowest BCUT2D eigenvalue weighted by atomic mass is 9.91. The Balaban J connectivity index is 1.89. The van der Waals surface area contributed by atoms with E-state index in [-0.39, 0.29) is 11.8 Å². The summed E-state index contributed by atoms with van der Waals surface area (Å²) in [5.41, 5.74) is -1.08. The van der Waals surface area contributed by atoms with E-state index in [1.54, 1.807) is 0 Å². The van der Waals surface area contributed by atoms with Crippen molar-refractivity contribution in [1.82, 2.24) is 10.2 Å². The number of nitrogens with zero attached hydrogens (tertiary/aromatic N) is 2. The van der Waals surface area contributed by atoms with Crippen LogP contribution in [0.25, 0.3) is 0 Å². The van der Waals surface area contributed by atoms with Crippen LogP contribution < -0.4 is 5.32 Å². The van der Waals surface area contributed by atoms with E-state index in [0.29, 0.717) is 31.8 Å². The highest BCUT2D eigenvalue weighted by Crippen LogP contribution is 2.32. The molecule has 1 N–H and O–H groups in total. The van der Waals surface area contributed by atoms with Crippen LogP contribution in [0.4, 0.5) is 0 Å². The van der Waals surface area contributed by atoms with E-state index >= 15 is 0 Å². The van der Waals surface area contributed by atoms with E-state index in [0.717, 1.165) is 19.3 Å². The molecule has 0 aromatic rings. The second-order valence-electron chi connectivity index (χ2n) is 6.98. The number of nitrogens with one attached hydrogen (secondary N) is 1. The zero-order chi connectivity index (χ0) is 15.7. The monoisotopic (exact) mass is 291 g/mol. The molecule has 0 radical (unpaired) electrons. The van der Waals surface area contributed by atoms with Crippen molar-refractivity contribution >= 4 is 11.8 Å². The summed E-state index contributed by atoms with van der Waals surface area (Å²) in [7, 11) is 0. The maximum absolute atomic E-state index is 12.1. The van der Waals surface area contributed by atoms with Crippen molar-refractivity contribution in [1.29, 1.82) is 5.26 Å². The fourth-order valence-electron chi connectivity index (χ4n) is 2.93. The normalized spacial score (nSPS) is 24.0. The lowest BCUT2D eigenvalue weighted by Crippen LogP contribution is -2.45. The summed E-state index contributed by atoms with van der Waals surface area (Å²) in [5.74, 6) is -0.166. The van der Waals surface area contributed by atoms with E-state index < -0.39 is 11.0 Å². The van der Waals surface area contributed by atoms with Crippen LogP contribution in [0.1, 0.15) is 59.3 Å². The van der Waals surface area contributed by atoms with E-state index in [1.807, 2.05) is 20.8 Å². The highest BCUT2D eigenvalue weighted by Gasteiger charge is 2.44. The largest absolute Gasteiger partial charge is 0.297 e. The highest BCUT2D eigenvalue weighted by atomic mass is 16.2. The van der Waals surface area contributed by atoms with Crippen molar-refractivity contribution in [2.45, 2.75) is 70.9 Å². The quantitative estimate of drug-likeness (QED) is 0.728. The second-order valence-corrected chi connectivity index (χ2v) is 6.98. The first-order valence-electron chi connectivity index (χ1n) is 7.87. The molecule has 2 aliphatic rings. The molecule has 2 amide bonds. The molecule has 2 fully saturated rings. The molecule has 0 spiro atoms. The summed E-state index contributed by atoms with van der Waals surface area (Å²) in [6.45, 7) is 6.06. The summed E-state index contributed by atoms with van der Waals surface area (Å²) in [6.07, 6.45) is 4.67. The molecule has 1 heterocycles. The zero-order valence-corrected chi connectivity index (χ0v) is 13.2. The van der Waals surface area contributed by atoms with Crippen LogP contribution in [-0.2, 0) is 9.59 Å². The van der Waals surface area contributed by atoms with Gasteiger partial charge in [-0.1, -0.05) is 20.8 Å². The van der Waals surface area contributed by atoms with Gasteiger partial charge in [0.05, 0.1) is 11.5 Å². The van der Waals surface area contributed by atoms with Crippen molar-refractivity contribution in [3.63, 3.8) is 0 Å². The molecule has 0 aromatic carbocycles. The van der Waals surface area contributed by atoms with Crippen LogP contribution in [0, 0.1) is 16.7 Å². The SMILES string of the molecule is CCC(C#N)(CCCN1C(=O)CC(C)(C)C1=O)NC1CC1. The van der Waals surface area contributed by atoms with Crippen molar-refractivity contribution in [2.24, 2.45) is 5.41 Å². The molecule has 1 aliphatic heterocycles. The average molecular weight is 291 g/mol. The van der Waals surface area contributed by atoms with Gasteiger partial charge in [-0.25, -0.2) is 0 Å². The van der Waals surface area contributed by atoms with Crippen LogP contribution in [0.2, 0.25) is 0 Å². The number of amides is 2. The van der Waals surface area contributed by atoms with Gasteiger partial charge < -0.3 is 0 Å². The Morgan fingerprint density at radius 2 is 2.10 bits per heavy atom. The van der Waals surface area contributed by atoms with Gasteiger partial charge in [-0.2, -0.15) is 5.26 Å². The second kappa shape index (κ2) is 5.76. The third-order valence-electron chi connectivity index (χ3n) is 4.58. The van der Waals surface area contributed by atoms with Crippen LogP contribution in [-0.4, -0.2) is 34.8 Å². The number of carbonyl (C=O) groups is 2. The van der Waals surface area contributed by atoms with Gasteiger partial charge >= 0.3 is 0 Å². The number of carbonyl (C=O) groups excluding carboxylic acids is 2.